The Bertz CT molecular complexity index is 339. The van der Waals surface area contributed by atoms with Gasteiger partial charge in [-0.25, -0.2) is 20.6 Å². The van der Waals surface area contributed by atoms with Gasteiger partial charge in [-0.2, -0.15) is 5.01 Å². The van der Waals surface area contributed by atoms with Crippen LogP contribution in [-0.4, -0.2) is 21.2 Å². The Labute approximate surface area is 74.3 Å². The Balaban J connectivity index is 3.01. The van der Waals surface area contributed by atoms with Crippen LogP contribution in [0.1, 0.15) is 5.69 Å². The number of carboxylic acid groups (broad SMARTS) is 1. The molecule has 1 aromatic rings. The maximum absolute atomic E-state index is 10.4. The SMILES string of the molecule is C=Cc1cc(N(N)C(=O)O)ncn1. The van der Waals surface area contributed by atoms with Crippen molar-refractivity contribution in [1.82, 2.24) is 9.97 Å². The van der Waals surface area contributed by atoms with Crippen molar-refractivity contribution in [3.8, 4) is 0 Å². The molecular formula is C7H8N4O2. The van der Waals surface area contributed by atoms with E-state index >= 15 is 0 Å². The van der Waals surface area contributed by atoms with Crippen LogP contribution >= 0.6 is 0 Å². The maximum Gasteiger partial charge on any atom is 0.427 e. The standard InChI is InChI=1S/C7H8N4O2/c1-2-5-3-6(10-4-9-5)11(8)7(12)13/h2-4H,1,8H2,(H,12,13). The van der Waals surface area contributed by atoms with Gasteiger partial charge >= 0.3 is 6.09 Å². The van der Waals surface area contributed by atoms with Crippen LogP contribution in [0.15, 0.2) is 19.0 Å². The Kier molecular flexibility index (Phi) is 2.56. The molecule has 0 radical (unpaired) electrons. The van der Waals surface area contributed by atoms with E-state index < -0.39 is 6.09 Å². The van der Waals surface area contributed by atoms with Crippen LogP contribution in [0.5, 0.6) is 0 Å². The van der Waals surface area contributed by atoms with Gasteiger partial charge in [-0.3, -0.25) is 0 Å². The number of anilines is 1. The Morgan fingerprint density at radius 1 is 1.69 bits per heavy atom. The second-order valence-corrected chi connectivity index (χ2v) is 2.16. The third-order valence-electron chi connectivity index (χ3n) is 1.34. The zero-order chi connectivity index (χ0) is 9.84. The predicted molar refractivity (Wildman–Crippen MR) is 46.8 cm³/mol. The van der Waals surface area contributed by atoms with Gasteiger partial charge in [0, 0.05) is 6.07 Å². The number of nitrogens with zero attached hydrogens (tertiary/aromatic N) is 3. The molecule has 13 heavy (non-hydrogen) atoms. The third-order valence-corrected chi connectivity index (χ3v) is 1.34. The highest BCUT2D eigenvalue weighted by atomic mass is 16.4. The minimum absolute atomic E-state index is 0.109. The molecule has 1 heterocycles. The summed E-state index contributed by atoms with van der Waals surface area (Å²) in [6.07, 6.45) is 1.41. The summed E-state index contributed by atoms with van der Waals surface area (Å²) in [6, 6.07) is 1.42. The first-order valence-corrected chi connectivity index (χ1v) is 3.37. The van der Waals surface area contributed by atoms with Crippen LogP contribution in [0.25, 0.3) is 6.08 Å². The summed E-state index contributed by atoms with van der Waals surface area (Å²) in [5.74, 6) is 5.28. The number of hydrogen-bond donors (Lipinski definition) is 2. The summed E-state index contributed by atoms with van der Waals surface area (Å²) in [7, 11) is 0. The molecule has 0 saturated carbocycles. The maximum atomic E-state index is 10.4. The van der Waals surface area contributed by atoms with E-state index in [9.17, 15) is 4.79 Å². The molecule has 0 atom stereocenters. The van der Waals surface area contributed by atoms with Gasteiger partial charge in [-0.05, 0) is 6.08 Å². The predicted octanol–water partition coefficient (Wildman–Crippen LogP) is 0.478. The minimum atomic E-state index is -1.28. The van der Waals surface area contributed by atoms with Crippen LogP contribution in [0.3, 0.4) is 0 Å². The number of amides is 1. The van der Waals surface area contributed by atoms with Crippen molar-refractivity contribution in [3.63, 3.8) is 0 Å². The van der Waals surface area contributed by atoms with Crippen LogP contribution in [0.2, 0.25) is 0 Å². The number of rotatable bonds is 2. The number of aromatic nitrogens is 2. The fourth-order valence-corrected chi connectivity index (χ4v) is 0.703. The Morgan fingerprint density at radius 2 is 2.38 bits per heavy atom. The van der Waals surface area contributed by atoms with Crippen molar-refractivity contribution in [1.29, 1.82) is 0 Å². The molecule has 1 aromatic heterocycles. The quantitative estimate of drug-likeness (QED) is 0.392. The molecule has 0 fully saturated rings. The van der Waals surface area contributed by atoms with E-state index in [0.29, 0.717) is 10.7 Å². The lowest BCUT2D eigenvalue weighted by Gasteiger charge is -2.10. The molecule has 1 amide bonds. The third kappa shape index (κ3) is 2.00. The molecule has 3 N–H and O–H groups in total. The van der Waals surface area contributed by atoms with Crippen molar-refractivity contribution >= 4 is 18.0 Å². The van der Waals surface area contributed by atoms with E-state index in [2.05, 4.69) is 16.5 Å². The van der Waals surface area contributed by atoms with E-state index in [-0.39, 0.29) is 5.82 Å². The topological polar surface area (TPSA) is 92.3 Å². The average Bonchev–Trinajstić information content (AvgIpc) is 2.16. The van der Waals surface area contributed by atoms with E-state index in [4.69, 9.17) is 10.9 Å². The Morgan fingerprint density at radius 3 is 2.92 bits per heavy atom. The van der Waals surface area contributed by atoms with Gasteiger partial charge in [-0.1, -0.05) is 6.58 Å². The second-order valence-electron chi connectivity index (χ2n) is 2.16. The molecular weight excluding hydrogens is 172 g/mol. The van der Waals surface area contributed by atoms with Crippen LogP contribution in [0.4, 0.5) is 10.6 Å². The number of hydrazine groups is 1. The molecule has 0 bridgehead atoms. The molecule has 68 valence electrons. The van der Waals surface area contributed by atoms with Crippen molar-refractivity contribution in [2.75, 3.05) is 5.01 Å². The van der Waals surface area contributed by atoms with Gasteiger partial charge < -0.3 is 5.11 Å². The molecule has 0 aliphatic heterocycles. The van der Waals surface area contributed by atoms with Crippen molar-refractivity contribution in [2.24, 2.45) is 5.84 Å². The second kappa shape index (κ2) is 3.63. The zero-order valence-corrected chi connectivity index (χ0v) is 6.71. The summed E-state index contributed by atoms with van der Waals surface area (Å²) in [4.78, 5) is 17.9. The number of nitrogens with two attached hydrogens (primary N) is 1. The average molecular weight is 180 g/mol. The highest BCUT2D eigenvalue weighted by Gasteiger charge is 2.10. The first-order chi connectivity index (χ1) is 6.15. The Hall–Kier alpha value is -1.95. The lowest BCUT2D eigenvalue weighted by molar-refractivity contribution is 0.201. The highest BCUT2D eigenvalue weighted by Crippen LogP contribution is 2.07. The largest absolute Gasteiger partial charge is 0.464 e. The van der Waals surface area contributed by atoms with Crippen molar-refractivity contribution in [2.45, 2.75) is 0 Å². The van der Waals surface area contributed by atoms with E-state index in [1.54, 1.807) is 0 Å². The first kappa shape index (κ1) is 9.14. The van der Waals surface area contributed by atoms with Gasteiger partial charge in [-0.15, -0.1) is 0 Å². The zero-order valence-electron chi connectivity index (χ0n) is 6.71. The number of carbonyl (C=O) groups is 1. The number of hydrogen-bond acceptors (Lipinski definition) is 4. The van der Waals surface area contributed by atoms with Gasteiger partial charge in [0.2, 0.25) is 0 Å². The summed E-state index contributed by atoms with van der Waals surface area (Å²) in [5.41, 5.74) is 0.515. The molecule has 6 heteroatoms. The molecule has 0 unspecified atom stereocenters. The molecule has 0 aromatic carbocycles. The highest BCUT2D eigenvalue weighted by molar-refractivity contribution is 5.83. The van der Waals surface area contributed by atoms with Crippen LogP contribution in [-0.2, 0) is 0 Å². The van der Waals surface area contributed by atoms with Crippen LogP contribution in [0, 0.1) is 0 Å². The molecule has 6 nitrogen and oxygen atoms in total. The van der Waals surface area contributed by atoms with Crippen molar-refractivity contribution in [3.05, 3.63) is 24.7 Å². The summed E-state index contributed by atoms with van der Waals surface area (Å²) in [6.45, 7) is 3.48. The summed E-state index contributed by atoms with van der Waals surface area (Å²) >= 11 is 0. The minimum Gasteiger partial charge on any atom is -0.464 e. The first-order valence-electron chi connectivity index (χ1n) is 3.37. The molecule has 0 spiro atoms. The van der Waals surface area contributed by atoms with Gasteiger partial charge in [0.05, 0.1) is 5.69 Å². The lowest BCUT2D eigenvalue weighted by Crippen LogP contribution is -2.36. The smallest absolute Gasteiger partial charge is 0.427 e. The fraction of sp³-hybridized carbons (Fsp3) is 0. The summed E-state index contributed by atoms with van der Waals surface area (Å²) < 4.78 is 0. The van der Waals surface area contributed by atoms with Gasteiger partial charge in [0.1, 0.15) is 6.33 Å². The van der Waals surface area contributed by atoms with Gasteiger partial charge in [0.15, 0.2) is 5.82 Å². The molecule has 1 rings (SSSR count). The fourth-order valence-electron chi connectivity index (χ4n) is 0.703. The summed E-state index contributed by atoms with van der Waals surface area (Å²) in [5, 5.41) is 9.02. The van der Waals surface area contributed by atoms with Crippen LogP contribution < -0.4 is 10.9 Å². The van der Waals surface area contributed by atoms with E-state index in [1.165, 1.54) is 18.5 Å². The molecule has 0 aliphatic carbocycles. The molecule has 0 aliphatic rings. The molecule has 0 saturated heterocycles. The van der Waals surface area contributed by atoms with Gasteiger partial charge in [0.25, 0.3) is 0 Å². The van der Waals surface area contributed by atoms with Crippen molar-refractivity contribution < 1.29 is 9.90 Å². The monoisotopic (exact) mass is 180 g/mol. The van der Waals surface area contributed by atoms with E-state index in [0.717, 1.165) is 0 Å². The van der Waals surface area contributed by atoms with E-state index in [1.807, 2.05) is 0 Å². The lowest BCUT2D eigenvalue weighted by atomic mass is 10.4. The normalized spacial score (nSPS) is 9.31.